The van der Waals surface area contributed by atoms with Gasteiger partial charge in [-0.25, -0.2) is 8.42 Å². The number of phenols is 1. The van der Waals surface area contributed by atoms with Crippen molar-refractivity contribution in [3.8, 4) is 5.75 Å². The molecule has 2 rings (SSSR count). The monoisotopic (exact) mass is 278 g/mol. The second kappa shape index (κ2) is 4.93. The van der Waals surface area contributed by atoms with Crippen LogP contribution >= 0.6 is 0 Å². The summed E-state index contributed by atoms with van der Waals surface area (Å²) in [5, 5.41) is 18.8. The first kappa shape index (κ1) is 13.4. The zero-order valence-electron chi connectivity index (χ0n) is 10.4. The first-order valence-corrected chi connectivity index (χ1v) is 7.20. The Morgan fingerprint density at radius 2 is 1.74 bits per heavy atom. The van der Waals surface area contributed by atoms with Crippen LogP contribution in [-0.4, -0.2) is 18.6 Å². The van der Waals surface area contributed by atoms with E-state index in [0.29, 0.717) is 12.0 Å². The van der Waals surface area contributed by atoms with Crippen LogP contribution in [0.4, 0.5) is 0 Å². The minimum Gasteiger partial charge on any atom is -0.512 e. The van der Waals surface area contributed by atoms with Crippen molar-refractivity contribution < 1.29 is 18.6 Å². The number of phenolic OH excluding ortho intramolecular Hbond substituents is 1. The number of aromatic hydroxyl groups is 1. The number of benzene rings is 1. The first-order valence-electron chi connectivity index (χ1n) is 5.72. The number of rotatable bonds is 2. The highest BCUT2D eigenvalue weighted by atomic mass is 32.2. The lowest BCUT2D eigenvalue weighted by atomic mass is 10.2. The Labute approximate surface area is 111 Å². The standard InChI is InChI=1S/C14H14O4S/c1-10-9-13(3-2-4-14(10)16)19(17,18)12-7-5-11(15)6-8-12/h2-3,5-9,15-16H,4H2,1H3. The predicted octanol–water partition coefficient (Wildman–Crippen LogP) is 2.84. The van der Waals surface area contributed by atoms with Gasteiger partial charge in [-0.3, -0.25) is 0 Å². The molecule has 2 N–H and O–H groups in total. The van der Waals surface area contributed by atoms with Crippen molar-refractivity contribution in [2.45, 2.75) is 18.2 Å². The molecule has 0 bridgehead atoms. The lowest BCUT2D eigenvalue weighted by Gasteiger charge is -2.05. The molecule has 0 amide bonds. The molecule has 0 radical (unpaired) electrons. The molecule has 0 heterocycles. The third-order valence-electron chi connectivity index (χ3n) is 2.86. The summed E-state index contributed by atoms with van der Waals surface area (Å²) >= 11 is 0. The number of aliphatic hydroxyl groups is 1. The molecule has 0 spiro atoms. The van der Waals surface area contributed by atoms with E-state index in [9.17, 15) is 18.6 Å². The van der Waals surface area contributed by atoms with Crippen LogP contribution in [0.1, 0.15) is 13.3 Å². The van der Waals surface area contributed by atoms with E-state index in [0.717, 1.165) is 0 Å². The van der Waals surface area contributed by atoms with Crippen LogP contribution in [0.25, 0.3) is 0 Å². The Bertz CT molecular complexity index is 677. The van der Waals surface area contributed by atoms with Gasteiger partial charge < -0.3 is 10.2 Å². The van der Waals surface area contributed by atoms with Gasteiger partial charge in [0.25, 0.3) is 0 Å². The minimum atomic E-state index is -3.64. The normalized spacial score (nSPS) is 16.2. The van der Waals surface area contributed by atoms with Gasteiger partial charge in [0, 0.05) is 6.42 Å². The molecular formula is C14H14O4S. The van der Waals surface area contributed by atoms with Crippen molar-refractivity contribution in [2.75, 3.05) is 0 Å². The van der Waals surface area contributed by atoms with Crippen LogP contribution in [0.5, 0.6) is 5.75 Å². The van der Waals surface area contributed by atoms with Crippen molar-refractivity contribution in [2.24, 2.45) is 0 Å². The van der Waals surface area contributed by atoms with E-state index in [1.165, 1.54) is 36.4 Å². The third kappa shape index (κ3) is 2.71. The van der Waals surface area contributed by atoms with E-state index in [4.69, 9.17) is 0 Å². The third-order valence-corrected chi connectivity index (χ3v) is 4.63. The number of allylic oxidation sites excluding steroid dienone is 4. The fraction of sp³-hybridized carbons (Fsp3) is 0.143. The van der Waals surface area contributed by atoms with E-state index >= 15 is 0 Å². The second-order valence-electron chi connectivity index (χ2n) is 4.28. The van der Waals surface area contributed by atoms with E-state index < -0.39 is 9.84 Å². The molecule has 19 heavy (non-hydrogen) atoms. The summed E-state index contributed by atoms with van der Waals surface area (Å²) in [7, 11) is -3.64. The fourth-order valence-electron chi connectivity index (χ4n) is 1.72. The summed E-state index contributed by atoms with van der Waals surface area (Å²) in [6, 6.07) is 5.36. The Morgan fingerprint density at radius 1 is 1.11 bits per heavy atom. The quantitative estimate of drug-likeness (QED) is 0.872. The van der Waals surface area contributed by atoms with E-state index in [-0.39, 0.29) is 21.3 Å². The Morgan fingerprint density at radius 3 is 2.37 bits per heavy atom. The molecule has 0 unspecified atom stereocenters. The van der Waals surface area contributed by atoms with Gasteiger partial charge in [0.2, 0.25) is 9.84 Å². The van der Waals surface area contributed by atoms with Crippen LogP contribution in [0.15, 0.2) is 63.6 Å². The van der Waals surface area contributed by atoms with Gasteiger partial charge in [0.15, 0.2) is 0 Å². The molecular weight excluding hydrogens is 264 g/mol. The van der Waals surface area contributed by atoms with Gasteiger partial charge in [-0.1, -0.05) is 6.08 Å². The summed E-state index contributed by atoms with van der Waals surface area (Å²) in [5.74, 6) is 0.171. The molecule has 1 aliphatic rings. The summed E-state index contributed by atoms with van der Waals surface area (Å²) in [4.78, 5) is 0.232. The molecule has 4 nitrogen and oxygen atoms in total. The van der Waals surface area contributed by atoms with Gasteiger partial charge in [-0.15, -0.1) is 0 Å². The number of hydrogen-bond donors (Lipinski definition) is 2. The maximum absolute atomic E-state index is 12.4. The van der Waals surface area contributed by atoms with Crippen molar-refractivity contribution in [3.05, 3.63) is 58.7 Å². The number of hydrogen-bond acceptors (Lipinski definition) is 4. The van der Waals surface area contributed by atoms with E-state index in [1.54, 1.807) is 13.0 Å². The zero-order chi connectivity index (χ0) is 14.0. The fourth-order valence-corrected chi connectivity index (χ4v) is 3.09. The smallest absolute Gasteiger partial charge is 0.206 e. The lowest BCUT2D eigenvalue weighted by molar-refractivity contribution is 0.396. The van der Waals surface area contributed by atoms with Crippen molar-refractivity contribution >= 4 is 9.84 Å². The highest BCUT2D eigenvalue weighted by Crippen LogP contribution is 2.26. The zero-order valence-corrected chi connectivity index (χ0v) is 11.2. The lowest BCUT2D eigenvalue weighted by Crippen LogP contribution is -2.03. The molecule has 1 aromatic carbocycles. The second-order valence-corrected chi connectivity index (χ2v) is 6.23. The maximum atomic E-state index is 12.4. The molecule has 0 saturated heterocycles. The average Bonchev–Trinajstić information content (AvgIpc) is 2.53. The van der Waals surface area contributed by atoms with Gasteiger partial charge in [-0.2, -0.15) is 0 Å². The van der Waals surface area contributed by atoms with Gasteiger partial charge in [0.05, 0.1) is 15.6 Å². The summed E-state index contributed by atoms with van der Waals surface area (Å²) in [6.45, 7) is 1.66. The Kier molecular flexibility index (Phi) is 3.48. The molecule has 0 aromatic heterocycles. The molecule has 5 heteroatoms. The van der Waals surface area contributed by atoms with Gasteiger partial charge >= 0.3 is 0 Å². The number of sulfone groups is 1. The highest BCUT2D eigenvalue weighted by molar-refractivity contribution is 7.95. The van der Waals surface area contributed by atoms with E-state index in [2.05, 4.69) is 0 Å². The average molecular weight is 278 g/mol. The molecule has 100 valence electrons. The molecule has 0 aliphatic heterocycles. The van der Waals surface area contributed by atoms with Crippen LogP contribution in [0.2, 0.25) is 0 Å². The predicted molar refractivity (Wildman–Crippen MR) is 72.5 cm³/mol. The molecule has 0 atom stereocenters. The van der Waals surface area contributed by atoms with Crippen molar-refractivity contribution in [3.63, 3.8) is 0 Å². The Balaban J connectivity index is 2.51. The molecule has 1 aliphatic carbocycles. The van der Waals surface area contributed by atoms with Crippen molar-refractivity contribution in [1.82, 2.24) is 0 Å². The molecule has 0 saturated carbocycles. The van der Waals surface area contributed by atoms with E-state index in [1.807, 2.05) is 0 Å². The minimum absolute atomic E-state index is 0.0121. The summed E-state index contributed by atoms with van der Waals surface area (Å²) in [5.41, 5.74) is 0.530. The van der Waals surface area contributed by atoms with Crippen molar-refractivity contribution in [1.29, 1.82) is 0 Å². The molecule has 1 aromatic rings. The van der Waals surface area contributed by atoms with Crippen LogP contribution in [0.3, 0.4) is 0 Å². The Hall–Kier alpha value is -2.01. The van der Waals surface area contributed by atoms with Crippen LogP contribution in [0, 0.1) is 0 Å². The maximum Gasteiger partial charge on any atom is 0.206 e. The topological polar surface area (TPSA) is 74.6 Å². The largest absolute Gasteiger partial charge is 0.512 e. The first-order chi connectivity index (χ1) is 8.91. The SMILES string of the molecule is CC1=C(O)CC=CC(S(=O)(=O)c2ccc(O)cc2)=C1. The number of aliphatic hydroxyl groups excluding tert-OH is 1. The van der Waals surface area contributed by atoms with Gasteiger partial charge in [0.1, 0.15) is 5.75 Å². The van der Waals surface area contributed by atoms with Crippen LogP contribution in [-0.2, 0) is 9.84 Å². The summed E-state index contributed by atoms with van der Waals surface area (Å²) in [6.07, 6.45) is 4.85. The highest BCUT2D eigenvalue weighted by Gasteiger charge is 2.20. The summed E-state index contributed by atoms with van der Waals surface area (Å²) < 4.78 is 24.8. The van der Waals surface area contributed by atoms with Gasteiger partial charge in [-0.05, 0) is 48.9 Å². The molecule has 0 fully saturated rings. The van der Waals surface area contributed by atoms with Crippen LogP contribution < -0.4 is 0 Å².